The van der Waals surface area contributed by atoms with Crippen molar-refractivity contribution in [2.75, 3.05) is 0 Å². The molecule has 2 rings (SSSR count). The number of aryl methyl sites for hydroxylation is 2. The second kappa shape index (κ2) is 5.66. The standard InChI is InChI=1S/C18H29N/c1-13-5-6-15(11-14(13)2)12-17(19)16-7-9-18(3,4)10-8-16/h5-6,11,16-17H,7-10,12,19H2,1-4H3. The van der Waals surface area contributed by atoms with Gasteiger partial charge in [0.15, 0.2) is 0 Å². The van der Waals surface area contributed by atoms with E-state index in [0.29, 0.717) is 11.5 Å². The van der Waals surface area contributed by atoms with Gasteiger partial charge in [-0.05, 0) is 74.0 Å². The molecule has 1 aliphatic rings. The smallest absolute Gasteiger partial charge is 0.0108 e. The van der Waals surface area contributed by atoms with Crippen LogP contribution in [0.4, 0.5) is 0 Å². The summed E-state index contributed by atoms with van der Waals surface area (Å²) in [6.07, 6.45) is 6.31. The Bertz CT molecular complexity index is 423. The topological polar surface area (TPSA) is 26.0 Å². The van der Waals surface area contributed by atoms with Crippen LogP contribution in [-0.4, -0.2) is 6.04 Å². The van der Waals surface area contributed by atoms with E-state index in [4.69, 9.17) is 5.73 Å². The van der Waals surface area contributed by atoms with Gasteiger partial charge < -0.3 is 5.73 Å². The van der Waals surface area contributed by atoms with Crippen molar-refractivity contribution in [3.8, 4) is 0 Å². The zero-order valence-corrected chi connectivity index (χ0v) is 13.0. The van der Waals surface area contributed by atoms with E-state index in [0.717, 1.165) is 12.3 Å². The molecule has 1 fully saturated rings. The summed E-state index contributed by atoms with van der Waals surface area (Å²) < 4.78 is 0. The summed E-state index contributed by atoms with van der Waals surface area (Å²) in [4.78, 5) is 0. The molecule has 0 bridgehead atoms. The van der Waals surface area contributed by atoms with Crippen LogP contribution in [0.3, 0.4) is 0 Å². The Balaban J connectivity index is 1.94. The zero-order chi connectivity index (χ0) is 14.0. The van der Waals surface area contributed by atoms with Crippen LogP contribution in [0.15, 0.2) is 18.2 Å². The van der Waals surface area contributed by atoms with Gasteiger partial charge in [0, 0.05) is 6.04 Å². The Kier molecular flexibility index (Phi) is 4.35. The Morgan fingerprint density at radius 3 is 2.37 bits per heavy atom. The Morgan fingerprint density at radius 2 is 1.79 bits per heavy atom. The molecule has 106 valence electrons. The maximum Gasteiger partial charge on any atom is 0.0108 e. The first kappa shape index (κ1) is 14.6. The average Bonchev–Trinajstić information content (AvgIpc) is 2.33. The molecule has 1 aromatic rings. The van der Waals surface area contributed by atoms with Crippen LogP contribution in [0.2, 0.25) is 0 Å². The third-order valence-corrected chi connectivity index (χ3v) is 5.03. The first-order valence-electron chi connectivity index (χ1n) is 7.69. The zero-order valence-electron chi connectivity index (χ0n) is 13.0. The summed E-state index contributed by atoms with van der Waals surface area (Å²) in [5.41, 5.74) is 11.2. The van der Waals surface area contributed by atoms with E-state index in [1.54, 1.807) is 0 Å². The minimum absolute atomic E-state index is 0.332. The third-order valence-electron chi connectivity index (χ3n) is 5.03. The van der Waals surface area contributed by atoms with E-state index in [2.05, 4.69) is 45.9 Å². The summed E-state index contributed by atoms with van der Waals surface area (Å²) in [5.74, 6) is 0.717. The molecule has 2 N–H and O–H groups in total. The first-order chi connectivity index (χ1) is 8.87. The second-order valence-corrected chi connectivity index (χ2v) is 7.29. The molecular formula is C18H29N. The number of hydrogen-bond donors (Lipinski definition) is 1. The summed E-state index contributed by atoms with van der Waals surface area (Å²) >= 11 is 0. The van der Waals surface area contributed by atoms with Crippen LogP contribution in [0, 0.1) is 25.2 Å². The molecule has 0 amide bonds. The van der Waals surface area contributed by atoms with E-state index in [9.17, 15) is 0 Å². The monoisotopic (exact) mass is 259 g/mol. The fourth-order valence-electron chi connectivity index (χ4n) is 3.22. The maximum atomic E-state index is 6.46. The molecule has 0 aromatic heterocycles. The number of hydrogen-bond acceptors (Lipinski definition) is 1. The molecular weight excluding hydrogens is 230 g/mol. The minimum Gasteiger partial charge on any atom is -0.327 e. The Labute approximate surface area is 118 Å². The predicted molar refractivity (Wildman–Crippen MR) is 83.3 cm³/mol. The molecule has 0 heterocycles. The first-order valence-corrected chi connectivity index (χ1v) is 7.69. The highest BCUT2D eigenvalue weighted by Gasteiger charge is 2.29. The lowest BCUT2D eigenvalue weighted by Gasteiger charge is -2.37. The second-order valence-electron chi connectivity index (χ2n) is 7.29. The Morgan fingerprint density at radius 1 is 1.16 bits per heavy atom. The fourth-order valence-corrected chi connectivity index (χ4v) is 3.22. The average molecular weight is 259 g/mol. The van der Waals surface area contributed by atoms with Gasteiger partial charge in [0.05, 0.1) is 0 Å². The van der Waals surface area contributed by atoms with Crippen LogP contribution in [0.1, 0.15) is 56.2 Å². The highest BCUT2D eigenvalue weighted by Crippen LogP contribution is 2.39. The van der Waals surface area contributed by atoms with E-state index >= 15 is 0 Å². The molecule has 0 saturated heterocycles. The Hall–Kier alpha value is -0.820. The SMILES string of the molecule is Cc1ccc(CC(N)C2CCC(C)(C)CC2)cc1C. The van der Waals surface area contributed by atoms with Gasteiger partial charge in [-0.15, -0.1) is 0 Å². The number of benzene rings is 1. The lowest BCUT2D eigenvalue weighted by atomic mass is 9.70. The van der Waals surface area contributed by atoms with Crippen LogP contribution in [0.25, 0.3) is 0 Å². The highest BCUT2D eigenvalue weighted by atomic mass is 14.7. The molecule has 1 aliphatic carbocycles. The van der Waals surface area contributed by atoms with Crippen molar-refractivity contribution in [2.45, 2.75) is 65.8 Å². The van der Waals surface area contributed by atoms with Crippen molar-refractivity contribution in [1.29, 1.82) is 0 Å². The molecule has 1 heteroatoms. The molecule has 0 spiro atoms. The number of rotatable bonds is 3. The van der Waals surface area contributed by atoms with E-state index < -0.39 is 0 Å². The van der Waals surface area contributed by atoms with Gasteiger partial charge in [0.1, 0.15) is 0 Å². The fraction of sp³-hybridized carbons (Fsp3) is 0.667. The van der Waals surface area contributed by atoms with Gasteiger partial charge in [-0.2, -0.15) is 0 Å². The van der Waals surface area contributed by atoms with Crippen LogP contribution >= 0.6 is 0 Å². The van der Waals surface area contributed by atoms with E-state index in [1.165, 1.54) is 42.4 Å². The molecule has 0 aliphatic heterocycles. The lowest BCUT2D eigenvalue weighted by molar-refractivity contribution is 0.173. The maximum absolute atomic E-state index is 6.46. The molecule has 1 atom stereocenters. The normalized spacial score (nSPS) is 21.3. The summed E-state index contributed by atoms with van der Waals surface area (Å²) in [5, 5.41) is 0. The summed E-state index contributed by atoms with van der Waals surface area (Å²) in [6, 6.07) is 7.11. The van der Waals surface area contributed by atoms with Gasteiger partial charge in [-0.1, -0.05) is 32.0 Å². The van der Waals surface area contributed by atoms with Crippen LogP contribution < -0.4 is 5.73 Å². The molecule has 1 aromatic carbocycles. The predicted octanol–water partition coefficient (Wildman–Crippen LogP) is 4.39. The van der Waals surface area contributed by atoms with Crippen molar-refractivity contribution >= 4 is 0 Å². The minimum atomic E-state index is 0.332. The molecule has 1 nitrogen and oxygen atoms in total. The van der Waals surface area contributed by atoms with Crippen LogP contribution in [0.5, 0.6) is 0 Å². The summed E-state index contributed by atoms with van der Waals surface area (Å²) in [7, 11) is 0. The van der Waals surface area contributed by atoms with Gasteiger partial charge >= 0.3 is 0 Å². The van der Waals surface area contributed by atoms with Gasteiger partial charge in [-0.3, -0.25) is 0 Å². The van der Waals surface area contributed by atoms with Crippen molar-refractivity contribution < 1.29 is 0 Å². The van der Waals surface area contributed by atoms with Gasteiger partial charge in [0.2, 0.25) is 0 Å². The third kappa shape index (κ3) is 3.82. The van der Waals surface area contributed by atoms with Crippen molar-refractivity contribution in [2.24, 2.45) is 17.1 Å². The quantitative estimate of drug-likeness (QED) is 0.856. The number of nitrogens with two attached hydrogens (primary N) is 1. The molecule has 0 radical (unpaired) electrons. The molecule has 19 heavy (non-hydrogen) atoms. The summed E-state index contributed by atoms with van der Waals surface area (Å²) in [6.45, 7) is 9.13. The molecule has 1 saturated carbocycles. The van der Waals surface area contributed by atoms with E-state index in [1.807, 2.05) is 0 Å². The van der Waals surface area contributed by atoms with Crippen molar-refractivity contribution in [3.63, 3.8) is 0 Å². The van der Waals surface area contributed by atoms with E-state index in [-0.39, 0.29) is 0 Å². The van der Waals surface area contributed by atoms with Gasteiger partial charge in [0.25, 0.3) is 0 Å². The highest BCUT2D eigenvalue weighted by molar-refractivity contribution is 5.30. The molecule has 1 unspecified atom stereocenters. The van der Waals surface area contributed by atoms with Crippen molar-refractivity contribution in [3.05, 3.63) is 34.9 Å². The van der Waals surface area contributed by atoms with Gasteiger partial charge in [-0.25, -0.2) is 0 Å². The van der Waals surface area contributed by atoms with Crippen LogP contribution in [-0.2, 0) is 6.42 Å². The lowest BCUT2D eigenvalue weighted by Crippen LogP contribution is -2.36. The van der Waals surface area contributed by atoms with Crippen molar-refractivity contribution in [1.82, 2.24) is 0 Å². The largest absolute Gasteiger partial charge is 0.327 e.